The van der Waals surface area contributed by atoms with Crippen molar-refractivity contribution in [2.24, 2.45) is 0 Å². The SMILES string of the molecule is O=S(=O)(Cc1ccc(C2=C(c3cccnc3)CCC2)cc1F)Cc1ccc(C2=C(c3cccnc3)CCC2)cc1F. The number of rotatable bonds is 8. The molecule has 0 spiro atoms. The average Bonchev–Trinajstić information content (AvgIpc) is 3.67. The molecule has 41 heavy (non-hydrogen) atoms. The molecule has 4 nitrogen and oxygen atoms in total. The summed E-state index contributed by atoms with van der Waals surface area (Å²) in [6.45, 7) is 0. The summed E-state index contributed by atoms with van der Waals surface area (Å²) >= 11 is 0. The fraction of sp³-hybridized carbons (Fsp3) is 0.235. The number of benzene rings is 2. The third-order valence-corrected chi connectivity index (χ3v) is 9.51. The van der Waals surface area contributed by atoms with E-state index in [0.717, 1.165) is 83.1 Å². The van der Waals surface area contributed by atoms with Gasteiger partial charge in [0.2, 0.25) is 0 Å². The van der Waals surface area contributed by atoms with Crippen molar-refractivity contribution >= 4 is 32.1 Å². The summed E-state index contributed by atoms with van der Waals surface area (Å²) in [6.07, 6.45) is 12.5. The topological polar surface area (TPSA) is 59.9 Å². The molecule has 7 heteroatoms. The zero-order valence-corrected chi connectivity index (χ0v) is 23.4. The number of pyridine rings is 2. The van der Waals surface area contributed by atoms with Crippen LogP contribution in [0, 0.1) is 11.6 Å². The molecule has 2 aromatic carbocycles. The molecule has 0 bridgehead atoms. The summed E-state index contributed by atoms with van der Waals surface area (Å²) in [4.78, 5) is 8.41. The van der Waals surface area contributed by atoms with Crippen LogP contribution in [0.25, 0.3) is 22.3 Å². The number of hydrogen-bond acceptors (Lipinski definition) is 4. The average molecular weight is 569 g/mol. The molecule has 0 atom stereocenters. The Balaban J connectivity index is 1.20. The van der Waals surface area contributed by atoms with Gasteiger partial charge in [0, 0.05) is 35.9 Å². The molecule has 0 unspecified atom stereocenters. The van der Waals surface area contributed by atoms with Gasteiger partial charge in [-0.15, -0.1) is 0 Å². The molecule has 0 saturated carbocycles. The first-order valence-corrected chi connectivity index (χ1v) is 15.7. The lowest BCUT2D eigenvalue weighted by Crippen LogP contribution is -2.10. The second-order valence-corrected chi connectivity index (χ2v) is 12.8. The van der Waals surface area contributed by atoms with Crippen molar-refractivity contribution in [1.82, 2.24) is 9.97 Å². The summed E-state index contributed by atoms with van der Waals surface area (Å²) in [7, 11) is -3.82. The van der Waals surface area contributed by atoms with E-state index in [-0.39, 0.29) is 11.1 Å². The van der Waals surface area contributed by atoms with Crippen LogP contribution in [0.4, 0.5) is 8.78 Å². The van der Waals surface area contributed by atoms with Crippen LogP contribution >= 0.6 is 0 Å². The van der Waals surface area contributed by atoms with Crippen LogP contribution in [0.3, 0.4) is 0 Å². The van der Waals surface area contributed by atoms with Gasteiger partial charge in [-0.25, -0.2) is 17.2 Å². The second kappa shape index (κ2) is 11.5. The maximum absolute atomic E-state index is 15.2. The first kappa shape index (κ1) is 27.2. The van der Waals surface area contributed by atoms with Gasteiger partial charge in [-0.2, -0.15) is 0 Å². The van der Waals surface area contributed by atoms with Crippen LogP contribution in [-0.2, 0) is 21.3 Å². The van der Waals surface area contributed by atoms with Gasteiger partial charge in [-0.3, -0.25) is 9.97 Å². The Morgan fingerprint density at radius 2 is 1.00 bits per heavy atom. The van der Waals surface area contributed by atoms with Crippen molar-refractivity contribution in [1.29, 1.82) is 0 Å². The second-order valence-electron chi connectivity index (χ2n) is 10.7. The fourth-order valence-corrected chi connectivity index (χ4v) is 7.59. The minimum absolute atomic E-state index is 0.0875. The molecule has 2 heterocycles. The van der Waals surface area contributed by atoms with Crippen molar-refractivity contribution < 1.29 is 17.2 Å². The summed E-state index contributed by atoms with van der Waals surface area (Å²) in [5.74, 6) is -2.12. The first-order chi connectivity index (χ1) is 19.9. The van der Waals surface area contributed by atoms with Crippen LogP contribution < -0.4 is 0 Å². The Labute approximate surface area is 239 Å². The molecular formula is C34H30F2N2O2S. The maximum Gasteiger partial charge on any atom is 0.158 e. The molecule has 0 aliphatic heterocycles. The molecule has 2 aliphatic rings. The van der Waals surface area contributed by atoms with Crippen molar-refractivity contribution in [3.05, 3.63) is 130 Å². The lowest BCUT2D eigenvalue weighted by molar-refractivity contribution is 0.580. The van der Waals surface area contributed by atoms with Crippen LogP contribution in [-0.4, -0.2) is 18.4 Å². The predicted octanol–water partition coefficient (Wildman–Crippen LogP) is 8.06. The highest BCUT2D eigenvalue weighted by atomic mass is 32.2. The van der Waals surface area contributed by atoms with Crippen LogP contribution in [0.2, 0.25) is 0 Å². The Bertz CT molecular complexity index is 1640. The Morgan fingerprint density at radius 1 is 0.585 bits per heavy atom. The van der Waals surface area contributed by atoms with E-state index in [9.17, 15) is 8.42 Å². The van der Waals surface area contributed by atoms with Crippen LogP contribution in [0.15, 0.2) is 85.5 Å². The number of allylic oxidation sites excluding steroid dienone is 4. The van der Waals surface area contributed by atoms with E-state index in [4.69, 9.17) is 0 Å². The maximum atomic E-state index is 15.2. The molecule has 0 fully saturated rings. The third kappa shape index (κ3) is 5.91. The quantitative estimate of drug-likeness (QED) is 0.216. The highest BCUT2D eigenvalue weighted by molar-refractivity contribution is 7.89. The highest BCUT2D eigenvalue weighted by Crippen LogP contribution is 2.41. The van der Waals surface area contributed by atoms with Gasteiger partial charge in [0.25, 0.3) is 0 Å². The smallest absolute Gasteiger partial charge is 0.158 e. The molecule has 6 rings (SSSR count). The van der Waals surface area contributed by atoms with Crippen molar-refractivity contribution in [2.75, 3.05) is 0 Å². The third-order valence-electron chi connectivity index (χ3n) is 8.01. The molecule has 4 aromatic rings. The normalized spacial score (nSPS) is 15.7. The van der Waals surface area contributed by atoms with E-state index >= 15 is 8.78 Å². The van der Waals surface area contributed by atoms with E-state index in [1.807, 2.05) is 36.7 Å². The van der Waals surface area contributed by atoms with Gasteiger partial charge in [0.05, 0.1) is 11.5 Å². The summed E-state index contributed by atoms with van der Waals surface area (Å²) in [5.41, 5.74) is 8.18. The molecule has 0 radical (unpaired) electrons. The summed E-state index contributed by atoms with van der Waals surface area (Å²) in [5, 5.41) is 0. The Kier molecular flexibility index (Phi) is 7.63. The minimum atomic E-state index is -3.82. The number of nitrogens with zero attached hydrogens (tertiary/aromatic N) is 2. The van der Waals surface area contributed by atoms with E-state index in [1.54, 1.807) is 36.7 Å². The molecule has 208 valence electrons. The molecular weight excluding hydrogens is 538 g/mol. The molecule has 0 saturated heterocycles. The zero-order chi connectivity index (χ0) is 28.4. The van der Waals surface area contributed by atoms with E-state index in [2.05, 4.69) is 9.97 Å². The lowest BCUT2D eigenvalue weighted by Gasteiger charge is -2.12. The highest BCUT2D eigenvalue weighted by Gasteiger charge is 2.23. The van der Waals surface area contributed by atoms with E-state index in [1.165, 1.54) is 12.1 Å². The van der Waals surface area contributed by atoms with Crippen LogP contribution in [0.1, 0.15) is 71.9 Å². The van der Waals surface area contributed by atoms with Gasteiger partial charge < -0.3 is 0 Å². The van der Waals surface area contributed by atoms with Gasteiger partial charge in [-0.1, -0.05) is 36.4 Å². The summed E-state index contributed by atoms with van der Waals surface area (Å²) < 4.78 is 56.5. The minimum Gasteiger partial charge on any atom is -0.264 e. The van der Waals surface area contributed by atoms with Gasteiger partial charge in [-0.05, 0) is 107 Å². The standard InChI is InChI=1S/C34H30F2N2O2S/c35-33-17-23(29-7-1-9-31(29)25-5-3-15-37-19-25)11-13-27(33)21-41(39,40)22-28-14-12-24(18-34(28)36)30-8-2-10-32(30)26-6-4-16-38-20-26/h3-6,11-20H,1-2,7-10,21-22H2. The van der Waals surface area contributed by atoms with Crippen molar-refractivity contribution in [3.63, 3.8) is 0 Å². The Morgan fingerprint density at radius 3 is 1.37 bits per heavy atom. The van der Waals surface area contributed by atoms with Crippen LogP contribution in [0.5, 0.6) is 0 Å². The molecule has 2 aliphatic carbocycles. The van der Waals surface area contributed by atoms with E-state index in [0.29, 0.717) is 0 Å². The van der Waals surface area contributed by atoms with Crippen molar-refractivity contribution in [2.45, 2.75) is 50.0 Å². The largest absolute Gasteiger partial charge is 0.264 e. The van der Waals surface area contributed by atoms with E-state index < -0.39 is 33.0 Å². The number of hydrogen-bond donors (Lipinski definition) is 0. The van der Waals surface area contributed by atoms with Gasteiger partial charge >= 0.3 is 0 Å². The zero-order valence-electron chi connectivity index (χ0n) is 22.6. The summed E-state index contributed by atoms with van der Waals surface area (Å²) in [6, 6.07) is 17.3. The van der Waals surface area contributed by atoms with Crippen molar-refractivity contribution in [3.8, 4) is 0 Å². The number of halogens is 2. The molecule has 0 N–H and O–H groups in total. The molecule has 0 amide bonds. The van der Waals surface area contributed by atoms with Gasteiger partial charge in [0.15, 0.2) is 9.84 Å². The van der Waals surface area contributed by atoms with Gasteiger partial charge in [0.1, 0.15) is 11.6 Å². The predicted molar refractivity (Wildman–Crippen MR) is 159 cm³/mol. The lowest BCUT2D eigenvalue weighted by atomic mass is 9.97. The first-order valence-electron chi connectivity index (χ1n) is 13.9. The Hall–Kier alpha value is -3.97. The fourth-order valence-electron chi connectivity index (χ4n) is 6.07. The number of aromatic nitrogens is 2. The monoisotopic (exact) mass is 568 g/mol. The number of sulfone groups is 1. The molecule has 2 aromatic heterocycles.